The summed E-state index contributed by atoms with van der Waals surface area (Å²) in [6, 6.07) is 22.2. The first kappa shape index (κ1) is 27.8. The van der Waals surface area contributed by atoms with Gasteiger partial charge >= 0.3 is 0 Å². The highest BCUT2D eigenvalue weighted by Crippen LogP contribution is 2.31. The molecule has 4 aromatic carbocycles. The van der Waals surface area contributed by atoms with Crippen LogP contribution in [0.15, 0.2) is 77.7 Å². The molecule has 1 aliphatic heterocycles. The number of amides is 2. The summed E-state index contributed by atoms with van der Waals surface area (Å²) in [5.74, 6) is -0.434. The second-order valence-corrected chi connectivity index (χ2v) is 12.2. The van der Waals surface area contributed by atoms with Crippen molar-refractivity contribution in [1.29, 1.82) is 0 Å². The number of carbonyl (C=O) groups excluding carboxylic acids is 2. The molecule has 5 rings (SSSR count). The largest absolute Gasteiger partial charge is 0.377 e. The van der Waals surface area contributed by atoms with Gasteiger partial charge in [-0.25, -0.2) is 13.1 Å². The highest BCUT2D eigenvalue weighted by molar-refractivity contribution is 7.89. The third kappa shape index (κ3) is 5.46. The highest BCUT2D eigenvalue weighted by atomic mass is 32.2. The average Bonchev–Trinajstić information content (AvgIpc) is 2.95. The summed E-state index contributed by atoms with van der Waals surface area (Å²) in [4.78, 5) is 29.7. The van der Waals surface area contributed by atoms with Crippen LogP contribution in [0.25, 0.3) is 21.5 Å². The summed E-state index contributed by atoms with van der Waals surface area (Å²) in [6.07, 6.45) is 5.23. The maximum Gasteiger partial charge on any atom is 0.261 e. The monoisotopic (exact) mass is 557 g/mol. The van der Waals surface area contributed by atoms with Crippen molar-refractivity contribution in [2.75, 3.05) is 32.1 Å². The first-order valence-electron chi connectivity index (χ1n) is 13.9. The van der Waals surface area contributed by atoms with Gasteiger partial charge in [0.05, 0.1) is 4.90 Å². The summed E-state index contributed by atoms with van der Waals surface area (Å²) in [5, 5.41) is 3.29. The second-order valence-electron chi connectivity index (χ2n) is 10.5. The molecule has 208 valence electrons. The Morgan fingerprint density at radius 3 is 1.95 bits per heavy atom. The Hall–Kier alpha value is -3.75. The lowest BCUT2D eigenvalue weighted by atomic mass is 9.94. The van der Waals surface area contributed by atoms with E-state index in [1.54, 1.807) is 24.3 Å². The van der Waals surface area contributed by atoms with E-state index in [1.165, 1.54) is 4.90 Å². The van der Waals surface area contributed by atoms with E-state index in [-0.39, 0.29) is 11.8 Å². The zero-order chi connectivity index (χ0) is 28.3. The third-order valence-electron chi connectivity index (χ3n) is 7.59. The Morgan fingerprint density at radius 2 is 1.27 bits per heavy atom. The smallest absolute Gasteiger partial charge is 0.261 e. The van der Waals surface area contributed by atoms with Gasteiger partial charge in [0.25, 0.3) is 11.8 Å². The van der Waals surface area contributed by atoms with Gasteiger partial charge in [0.15, 0.2) is 0 Å². The van der Waals surface area contributed by atoms with Gasteiger partial charge in [0.2, 0.25) is 10.0 Å². The number of anilines is 1. The molecule has 1 heterocycles. The SMILES string of the molecule is CN(C)c1cccc2c(S(=O)(=O)NCCCCCCCCN3C(=O)c4cccc5cccc(c45)C3=O)cccc12. The molecule has 8 heteroatoms. The molecule has 0 spiro atoms. The van der Waals surface area contributed by atoms with Crippen LogP contribution in [0.5, 0.6) is 0 Å². The highest BCUT2D eigenvalue weighted by Gasteiger charge is 2.32. The topological polar surface area (TPSA) is 86.8 Å². The molecule has 4 aromatic rings. The number of carbonyl (C=O) groups is 2. The van der Waals surface area contributed by atoms with Crippen molar-refractivity contribution in [2.24, 2.45) is 0 Å². The van der Waals surface area contributed by atoms with E-state index in [2.05, 4.69) is 4.72 Å². The molecule has 0 aliphatic carbocycles. The molecule has 0 aromatic heterocycles. The average molecular weight is 558 g/mol. The zero-order valence-corrected chi connectivity index (χ0v) is 23.8. The van der Waals surface area contributed by atoms with E-state index >= 15 is 0 Å². The Labute approximate surface area is 235 Å². The van der Waals surface area contributed by atoms with E-state index in [1.807, 2.05) is 67.5 Å². The summed E-state index contributed by atoms with van der Waals surface area (Å²) < 4.78 is 28.9. The Bertz CT molecular complexity index is 1630. The molecule has 2 amide bonds. The Kier molecular flexibility index (Phi) is 8.19. The number of imide groups is 1. The van der Waals surface area contributed by atoms with Crippen LogP contribution in [0, 0.1) is 0 Å². The van der Waals surface area contributed by atoms with Crippen molar-refractivity contribution in [2.45, 2.75) is 43.4 Å². The number of nitrogens with one attached hydrogen (secondary N) is 1. The number of hydrogen-bond acceptors (Lipinski definition) is 5. The normalized spacial score (nSPS) is 13.4. The molecule has 0 saturated carbocycles. The fourth-order valence-corrected chi connectivity index (χ4v) is 6.85. The Balaban J connectivity index is 1.06. The number of unbranched alkanes of at least 4 members (excludes halogenated alkanes) is 5. The van der Waals surface area contributed by atoms with Crippen molar-refractivity contribution in [3.05, 3.63) is 83.9 Å². The zero-order valence-electron chi connectivity index (χ0n) is 23.0. The standard InChI is InChI=1S/C32H35N3O4S/c1-34(2)28-19-11-16-25-24(28)15-12-20-29(25)40(38,39)33-21-7-5-3-4-6-8-22-35-31(36)26-17-9-13-23-14-10-18-27(30(23)26)32(35)37/h9-20,33H,3-8,21-22H2,1-2H3. The first-order chi connectivity index (χ1) is 19.3. The lowest BCUT2D eigenvalue weighted by molar-refractivity contribution is 0.0607. The van der Waals surface area contributed by atoms with Crippen molar-refractivity contribution in [1.82, 2.24) is 9.62 Å². The predicted octanol–water partition coefficient (Wildman–Crippen LogP) is 5.97. The van der Waals surface area contributed by atoms with E-state index in [4.69, 9.17) is 0 Å². The number of sulfonamides is 1. The number of hydrogen-bond donors (Lipinski definition) is 1. The van der Waals surface area contributed by atoms with Crippen LogP contribution in [-0.4, -0.2) is 52.3 Å². The lowest BCUT2D eigenvalue weighted by Crippen LogP contribution is -2.40. The quantitative estimate of drug-likeness (QED) is 0.171. The van der Waals surface area contributed by atoms with Crippen LogP contribution in [0.1, 0.15) is 59.2 Å². The maximum absolute atomic E-state index is 13.1. The fourth-order valence-electron chi connectivity index (χ4n) is 5.56. The summed E-state index contributed by atoms with van der Waals surface area (Å²) >= 11 is 0. The molecule has 40 heavy (non-hydrogen) atoms. The van der Waals surface area contributed by atoms with Gasteiger partial charge in [-0.3, -0.25) is 14.5 Å². The van der Waals surface area contributed by atoms with Crippen molar-refractivity contribution >= 4 is 49.1 Å². The molecule has 1 aliphatic rings. The minimum absolute atomic E-state index is 0.217. The second kappa shape index (κ2) is 11.8. The molecule has 0 bridgehead atoms. The van der Waals surface area contributed by atoms with Gasteiger partial charge in [0, 0.05) is 60.2 Å². The first-order valence-corrected chi connectivity index (χ1v) is 15.3. The van der Waals surface area contributed by atoms with E-state index in [9.17, 15) is 18.0 Å². The van der Waals surface area contributed by atoms with E-state index in [0.717, 1.165) is 60.4 Å². The summed E-state index contributed by atoms with van der Waals surface area (Å²) in [6.45, 7) is 0.788. The Morgan fingerprint density at radius 1 is 0.700 bits per heavy atom. The summed E-state index contributed by atoms with van der Waals surface area (Å²) in [7, 11) is 0.263. The van der Waals surface area contributed by atoms with Crippen LogP contribution in [0.2, 0.25) is 0 Å². The van der Waals surface area contributed by atoms with Gasteiger partial charge in [-0.2, -0.15) is 0 Å². The number of fused-ring (bicyclic) bond motifs is 1. The molecule has 1 N–H and O–H groups in total. The minimum atomic E-state index is -3.63. The molecule has 0 radical (unpaired) electrons. The van der Waals surface area contributed by atoms with Crippen LogP contribution in [0.4, 0.5) is 5.69 Å². The number of rotatable bonds is 12. The van der Waals surface area contributed by atoms with Gasteiger partial charge in [-0.05, 0) is 42.5 Å². The predicted molar refractivity (Wildman–Crippen MR) is 160 cm³/mol. The van der Waals surface area contributed by atoms with Gasteiger partial charge in [-0.1, -0.05) is 74.2 Å². The molecule has 0 fully saturated rings. The van der Waals surface area contributed by atoms with Crippen LogP contribution in [-0.2, 0) is 10.0 Å². The third-order valence-corrected chi connectivity index (χ3v) is 9.11. The molecule has 0 atom stereocenters. The van der Waals surface area contributed by atoms with Crippen molar-refractivity contribution in [3.63, 3.8) is 0 Å². The number of nitrogens with zero attached hydrogens (tertiary/aromatic N) is 2. The van der Waals surface area contributed by atoms with Crippen LogP contribution in [0.3, 0.4) is 0 Å². The van der Waals surface area contributed by atoms with E-state index < -0.39 is 10.0 Å². The van der Waals surface area contributed by atoms with Gasteiger partial charge in [0.1, 0.15) is 0 Å². The lowest BCUT2D eigenvalue weighted by Gasteiger charge is -2.27. The number of benzene rings is 4. The maximum atomic E-state index is 13.1. The molecular formula is C32H35N3O4S. The fraction of sp³-hybridized carbons (Fsp3) is 0.312. The molecule has 0 unspecified atom stereocenters. The van der Waals surface area contributed by atoms with Gasteiger partial charge < -0.3 is 4.90 Å². The molecular weight excluding hydrogens is 522 g/mol. The van der Waals surface area contributed by atoms with E-state index in [0.29, 0.717) is 34.5 Å². The molecule has 7 nitrogen and oxygen atoms in total. The molecule has 0 saturated heterocycles. The van der Waals surface area contributed by atoms with Crippen molar-refractivity contribution in [3.8, 4) is 0 Å². The van der Waals surface area contributed by atoms with Crippen molar-refractivity contribution < 1.29 is 18.0 Å². The summed E-state index contributed by atoms with van der Waals surface area (Å²) in [5.41, 5.74) is 2.17. The van der Waals surface area contributed by atoms with Crippen LogP contribution < -0.4 is 9.62 Å². The minimum Gasteiger partial charge on any atom is -0.377 e. The van der Waals surface area contributed by atoms with Gasteiger partial charge in [-0.15, -0.1) is 0 Å². The van der Waals surface area contributed by atoms with Crippen LogP contribution >= 0.6 is 0 Å².